The first-order chi connectivity index (χ1) is 18.1. The third kappa shape index (κ3) is 7.19. The van der Waals surface area contributed by atoms with Crippen molar-refractivity contribution in [3.8, 4) is 0 Å². The van der Waals surface area contributed by atoms with E-state index < -0.39 is 0 Å². The highest BCUT2D eigenvalue weighted by Crippen LogP contribution is 2.21. The summed E-state index contributed by atoms with van der Waals surface area (Å²) in [4.78, 5) is 28.4. The lowest BCUT2D eigenvalue weighted by atomic mass is 10.1. The quantitative estimate of drug-likeness (QED) is 0.339. The van der Waals surface area contributed by atoms with Gasteiger partial charge in [-0.1, -0.05) is 24.8 Å². The Labute approximate surface area is 218 Å². The predicted molar refractivity (Wildman–Crippen MR) is 152 cm³/mol. The fourth-order valence-corrected chi connectivity index (χ4v) is 4.04. The van der Waals surface area contributed by atoms with Gasteiger partial charge in [0.1, 0.15) is 0 Å². The standard InChI is InChI=1S/C29H33N7O/c1-4-26(24-6-5-13-32-19-24)34-29(30-3)35-27-18-25(12-7-21(27)2)33-28(37)23-10-8-22(9-11-23)20-36-16-14-31-15-17-36/h4-13,18-19,31H,1,14-17,20H2,2-3H3,(H,30,35)(H,33,37)/b34-26+. The van der Waals surface area contributed by atoms with Crippen molar-refractivity contribution >= 4 is 29.0 Å². The van der Waals surface area contributed by atoms with E-state index >= 15 is 0 Å². The number of piperazine rings is 1. The van der Waals surface area contributed by atoms with E-state index in [9.17, 15) is 4.79 Å². The first-order valence-corrected chi connectivity index (χ1v) is 12.3. The zero-order chi connectivity index (χ0) is 26.0. The number of amides is 1. The lowest BCUT2D eigenvalue weighted by Crippen LogP contribution is -2.42. The number of rotatable bonds is 7. The second-order valence-corrected chi connectivity index (χ2v) is 8.82. The molecular weight excluding hydrogens is 462 g/mol. The number of aliphatic imine (C=N–C) groups is 2. The fraction of sp³-hybridized carbons (Fsp3) is 0.241. The molecule has 0 bridgehead atoms. The molecule has 4 rings (SSSR count). The molecule has 0 saturated carbocycles. The molecule has 190 valence electrons. The lowest BCUT2D eigenvalue weighted by Gasteiger charge is -2.27. The van der Waals surface area contributed by atoms with Gasteiger partial charge in [0, 0.05) is 74.7 Å². The summed E-state index contributed by atoms with van der Waals surface area (Å²) in [6.07, 6.45) is 5.11. The smallest absolute Gasteiger partial charge is 0.255 e. The van der Waals surface area contributed by atoms with Crippen molar-refractivity contribution in [2.24, 2.45) is 9.98 Å². The van der Waals surface area contributed by atoms with Crippen molar-refractivity contribution in [2.75, 3.05) is 43.9 Å². The monoisotopic (exact) mass is 495 g/mol. The van der Waals surface area contributed by atoms with Crippen molar-refractivity contribution in [1.29, 1.82) is 0 Å². The van der Waals surface area contributed by atoms with Gasteiger partial charge < -0.3 is 16.0 Å². The van der Waals surface area contributed by atoms with E-state index in [1.54, 1.807) is 25.5 Å². The molecule has 3 aromatic rings. The van der Waals surface area contributed by atoms with Crippen LogP contribution in [0.3, 0.4) is 0 Å². The van der Waals surface area contributed by atoms with Gasteiger partial charge in [-0.25, -0.2) is 4.99 Å². The second-order valence-electron chi connectivity index (χ2n) is 8.82. The minimum atomic E-state index is -0.156. The van der Waals surface area contributed by atoms with Crippen LogP contribution in [0.2, 0.25) is 0 Å². The number of carbonyl (C=O) groups excluding carboxylic acids is 1. The number of aromatic nitrogens is 1. The minimum absolute atomic E-state index is 0.156. The molecule has 0 spiro atoms. The summed E-state index contributed by atoms with van der Waals surface area (Å²) in [5.74, 6) is 0.266. The SMILES string of the molecule is C=C/C(=N\C(=NC)Nc1cc(NC(=O)c2ccc(CN3CCNCC3)cc2)ccc1C)c1cccnc1. The van der Waals surface area contributed by atoms with E-state index in [0.717, 1.165) is 49.5 Å². The van der Waals surface area contributed by atoms with E-state index in [0.29, 0.717) is 22.9 Å². The number of aryl methyl sites for hydroxylation is 1. The summed E-state index contributed by atoms with van der Waals surface area (Å²) in [5, 5.41) is 9.63. The molecule has 1 amide bonds. The maximum absolute atomic E-state index is 12.9. The maximum atomic E-state index is 12.9. The van der Waals surface area contributed by atoms with Gasteiger partial charge in [-0.3, -0.25) is 19.7 Å². The highest BCUT2D eigenvalue weighted by atomic mass is 16.1. The molecule has 1 aliphatic heterocycles. The summed E-state index contributed by atoms with van der Waals surface area (Å²) in [6, 6.07) is 17.3. The Bertz CT molecular complexity index is 1280. The average Bonchev–Trinajstić information content (AvgIpc) is 2.94. The highest BCUT2D eigenvalue weighted by molar-refractivity contribution is 6.15. The van der Waals surface area contributed by atoms with E-state index in [1.807, 2.05) is 61.5 Å². The summed E-state index contributed by atoms with van der Waals surface area (Å²) < 4.78 is 0. The largest absolute Gasteiger partial charge is 0.324 e. The van der Waals surface area contributed by atoms with E-state index in [2.05, 4.69) is 42.4 Å². The van der Waals surface area contributed by atoms with Crippen LogP contribution in [0.4, 0.5) is 11.4 Å². The van der Waals surface area contributed by atoms with Crippen molar-refractivity contribution in [3.63, 3.8) is 0 Å². The van der Waals surface area contributed by atoms with Crippen LogP contribution in [-0.2, 0) is 6.54 Å². The number of carbonyl (C=O) groups is 1. The Balaban J connectivity index is 1.43. The normalized spacial score (nSPS) is 14.8. The van der Waals surface area contributed by atoms with Crippen LogP contribution in [0.15, 0.2) is 89.6 Å². The number of hydrogen-bond acceptors (Lipinski definition) is 5. The third-order valence-electron chi connectivity index (χ3n) is 6.16. The number of benzene rings is 2. The van der Waals surface area contributed by atoms with Gasteiger partial charge in [0.25, 0.3) is 5.91 Å². The van der Waals surface area contributed by atoms with Gasteiger partial charge in [0.15, 0.2) is 0 Å². The molecule has 37 heavy (non-hydrogen) atoms. The number of allylic oxidation sites excluding steroid dienone is 1. The molecule has 2 heterocycles. The molecule has 0 radical (unpaired) electrons. The molecule has 2 aromatic carbocycles. The third-order valence-corrected chi connectivity index (χ3v) is 6.16. The van der Waals surface area contributed by atoms with Gasteiger partial charge >= 0.3 is 0 Å². The van der Waals surface area contributed by atoms with Crippen LogP contribution in [0.5, 0.6) is 0 Å². The molecule has 1 aromatic heterocycles. The van der Waals surface area contributed by atoms with Gasteiger partial charge in [-0.2, -0.15) is 0 Å². The van der Waals surface area contributed by atoms with Gasteiger partial charge in [0.05, 0.1) is 5.71 Å². The Morgan fingerprint density at radius 1 is 1.11 bits per heavy atom. The van der Waals surface area contributed by atoms with Gasteiger partial charge in [-0.15, -0.1) is 0 Å². The predicted octanol–water partition coefficient (Wildman–Crippen LogP) is 4.12. The van der Waals surface area contributed by atoms with Crippen LogP contribution in [0.25, 0.3) is 0 Å². The van der Waals surface area contributed by atoms with E-state index in [1.165, 1.54) is 5.56 Å². The summed E-state index contributed by atoms with van der Waals surface area (Å²) >= 11 is 0. The Morgan fingerprint density at radius 3 is 2.57 bits per heavy atom. The number of nitrogens with zero attached hydrogens (tertiary/aromatic N) is 4. The molecule has 0 aliphatic carbocycles. The Kier molecular flexibility index (Phi) is 8.91. The molecule has 1 saturated heterocycles. The molecule has 0 atom stereocenters. The fourth-order valence-electron chi connectivity index (χ4n) is 4.04. The summed E-state index contributed by atoms with van der Waals surface area (Å²) in [6.45, 7) is 10.9. The molecular formula is C29H33N7O. The molecule has 1 fully saturated rings. The van der Waals surface area contributed by atoms with Crippen molar-refractivity contribution < 1.29 is 4.79 Å². The van der Waals surface area contributed by atoms with Crippen molar-refractivity contribution in [1.82, 2.24) is 15.2 Å². The second kappa shape index (κ2) is 12.7. The van der Waals surface area contributed by atoms with Crippen LogP contribution in [0.1, 0.15) is 27.0 Å². The first-order valence-electron chi connectivity index (χ1n) is 12.3. The van der Waals surface area contributed by atoms with Crippen molar-refractivity contribution in [2.45, 2.75) is 13.5 Å². The zero-order valence-corrected chi connectivity index (χ0v) is 21.4. The van der Waals surface area contributed by atoms with E-state index in [-0.39, 0.29) is 5.91 Å². The van der Waals surface area contributed by atoms with Gasteiger partial charge in [-0.05, 0) is 60.5 Å². The minimum Gasteiger partial charge on any atom is -0.324 e. The van der Waals surface area contributed by atoms with Crippen LogP contribution in [-0.4, -0.2) is 60.7 Å². The molecule has 8 nitrogen and oxygen atoms in total. The van der Waals surface area contributed by atoms with E-state index in [4.69, 9.17) is 0 Å². The summed E-state index contributed by atoms with van der Waals surface area (Å²) in [5.41, 5.74) is 5.79. The number of pyridine rings is 1. The number of guanidine groups is 1. The molecule has 8 heteroatoms. The zero-order valence-electron chi connectivity index (χ0n) is 21.4. The van der Waals surface area contributed by atoms with Crippen LogP contribution < -0.4 is 16.0 Å². The van der Waals surface area contributed by atoms with Crippen molar-refractivity contribution in [3.05, 3.63) is 102 Å². The highest BCUT2D eigenvalue weighted by Gasteiger charge is 2.12. The summed E-state index contributed by atoms with van der Waals surface area (Å²) in [7, 11) is 1.67. The topological polar surface area (TPSA) is 94.0 Å². The molecule has 3 N–H and O–H groups in total. The lowest BCUT2D eigenvalue weighted by molar-refractivity contribution is 0.102. The number of anilines is 2. The van der Waals surface area contributed by atoms with Crippen LogP contribution in [0, 0.1) is 6.92 Å². The van der Waals surface area contributed by atoms with Crippen LogP contribution >= 0.6 is 0 Å². The number of hydrogen-bond donors (Lipinski definition) is 3. The molecule has 1 aliphatic rings. The van der Waals surface area contributed by atoms with Gasteiger partial charge in [0.2, 0.25) is 5.96 Å². The Morgan fingerprint density at radius 2 is 1.89 bits per heavy atom. The maximum Gasteiger partial charge on any atom is 0.255 e. The molecule has 0 unspecified atom stereocenters. The Hall–Kier alpha value is -4.14. The first kappa shape index (κ1) is 25.9. The average molecular weight is 496 g/mol. The number of nitrogens with one attached hydrogen (secondary N) is 3.